The van der Waals surface area contributed by atoms with Gasteiger partial charge in [0.2, 0.25) is 0 Å². The Morgan fingerprint density at radius 1 is 1.38 bits per heavy atom. The van der Waals surface area contributed by atoms with Crippen LogP contribution in [0, 0.1) is 12.8 Å². The lowest BCUT2D eigenvalue weighted by molar-refractivity contribution is -0.0438. The van der Waals surface area contributed by atoms with E-state index in [0.29, 0.717) is 19.3 Å². The predicted octanol–water partition coefficient (Wildman–Crippen LogP) is 1.71. The highest BCUT2D eigenvalue weighted by molar-refractivity contribution is 5.43. The zero-order chi connectivity index (χ0) is 14.8. The zero-order valence-corrected chi connectivity index (χ0v) is 13.0. The fourth-order valence-corrected chi connectivity index (χ4v) is 3.58. The molecule has 2 saturated heterocycles. The van der Waals surface area contributed by atoms with E-state index in [0.717, 1.165) is 49.6 Å². The van der Waals surface area contributed by atoms with Crippen LogP contribution in [0.25, 0.3) is 0 Å². The van der Waals surface area contributed by atoms with Crippen LogP contribution in [0.4, 0.5) is 5.82 Å². The van der Waals surface area contributed by atoms with E-state index in [-0.39, 0.29) is 12.0 Å². The maximum Gasteiger partial charge on any atom is 0.132 e. The number of aromatic nitrogens is 2. The van der Waals surface area contributed by atoms with Crippen molar-refractivity contribution in [3.05, 3.63) is 17.6 Å². The Bertz CT molecular complexity index is 494. The minimum absolute atomic E-state index is 0.196. The summed E-state index contributed by atoms with van der Waals surface area (Å²) in [7, 11) is 0. The van der Waals surface area contributed by atoms with Crippen LogP contribution in [0.15, 0.2) is 6.07 Å². The van der Waals surface area contributed by atoms with Gasteiger partial charge in [-0.15, -0.1) is 0 Å². The fourth-order valence-electron chi connectivity index (χ4n) is 3.58. The molecule has 3 heterocycles. The van der Waals surface area contributed by atoms with E-state index in [4.69, 9.17) is 4.74 Å². The molecule has 1 aromatic heterocycles. The first-order chi connectivity index (χ1) is 10.2. The molecule has 0 aromatic carbocycles. The SMILES string of the molecule is CCc1cc(N2CCC[C@@H]2[C@@H]2COCC[C@H]2O)nc(C)n1. The number of anilines is 1. The highest BCUT2D eigenvalue weighted by atomic mass is 16.5. The van der Waals surface area contributed by atoms with Crippen molar-refractivity contribution in [3.63, 3.8) is 0 Å². The quantitative estimate of drug-likeness (QED) is 0.919. The maximum absolute atomic E-state index is 10.3. The molecular weight excluding hydrogens is 266 g/mol. The number of hydrogen-bond acceptors (Lipinski definition) is 5. The number of nitrogens with zero attached hydrogens (tertiary/aromatic N) is 3. The molecular formula is C16H25N3O2. The van der Waals surface area contributed by atoms with Gasteiger partial charge < -0.3 is 14.7 Å². The molecule has 0 bridgehead atoms. The van der Waals surface area contributed by atoms with E-state index in [1.54, 1.807) is 0 Å². The normalized spacial score (nSPS) is 29.9. The molecule has 0 unspecified atom stereocenters. The number of aryl methyl sites for hydroxylation is 2. The molecule has 21 heavy (non-hydrogen) atoms. The second-order valence-electron chi connectivity index (χ2n) is 6.12. The van der Waals surface area contributed by atoms with Crippen molar-refractivity contribution in [1.82, 2.24) is 9.97 Å². The minimum atomic E-state index is -0.252. The topological polar surface area (TPSA) is 58.5 Å². The molecule has 2 aliphatic heterocycles. The summed E-state index contributed by atoms with van der Waals surface area (Å²) in [5.41, 5.74) is 1.09. The lowest BCUT2D eigenvalue weighted by atomic mass is 9.89. The van der Waals surface area contributed by atoms with Crippen molar-refractivity contribution in [2.45, 2.75) is 51.7 Å². The van der Waals surface area contributed by atoms with Crippen LogP contribution >= 0.6 is 0 Å². The summed E-state index contributed by atoms with van der Waals surface area (Å²) in [6.45, 7) is 6.41. The third kappa shape index (κ3) is 3.04. The van der Waals surface area contributed by atoms with Gasteiger partial charge in [0.1, 0.15) is 11.6 Å². The highest BCUT2D eigenvalue weighted by Gasteiger charge is 2.38. The summed E-state index contributed by atoms with van der Waals surface area (Å²) in [6.07, 6.45) is 3.67. The maximum atomic E-state index is 10.3. The van der Waals surface area contributed by atoms with Gasteiger partial charge in [-0.25, -0.2) is 9.97 Å². The summed E-state index contributed by atoms with van der Waals surface area (Å²) in [5.74, 6) is 2.04. The first-order valence-electron chi connectivity index (χ1n) is 8.06. The van der Waals surface area contributed by atoms with Gasteiger partial charge in [-0.2, -0.15) is 0 Å². The Hall–Kier alpha value is -1.20. The Balaban J connectivity index is 1.84. The van der Waals surface area contributed by atoms with E-state index in [1.807, 2.05) is 6.92 Å². The van der Waals surface area contributed by atoms with Crippen molar-refractivity contribution in [1.29, 1.82) is 0 Å². The first kappa shape index (κ1) is 14.7. The molecule has 5 heteroatoms. The molecule has 0 amide bonds. The largest absolute Gasteiger partial charge is 0.393 e. The number of ether oxygens (including phenoxy) is 1. The molecule has 1 aromatic rings. The number of hydrogen-bond donors (Lipinski definition) is 1. The Morgan fingerprint density at radius 2 is 2.24 bits per heavy atom. The first-order valence-corrected chi connectivity index (χ1v) is 8.06. The van der Waals surface area contributed by atoms with Gasteiger partial charge in [0.25, 0.3) is 0 Å². The van der Waals surface area contributed by atoms with Crippen molar-refractivity contribution in [2.75, 3.05) is 24.7 Å². The summed E-state index contributed by atoms with van der Waals surface area (Å²) in [6, 6.07) is 2.43. The second kappa shape index (κ2) is 6.28. The molecule has 3 atom stereocenters. The van der Waals surface area contributed by atoms with Crippen molar-refractivity contribution >= 4 is 5.82 Å². The van der Waals surface area contributed by atoms with Crippen LogP contribution in [0.1, 0.15) is 37.7 Å². The van der Waals surface area contributed by atoms with Gasteiger partial charge in [0, 0.05) is 36.9 Å². The minimum Gasteiger partial charge on any atom is -0.393 e. The molecule has 0 spiro atoms. The van der Waals surface area contributed by atoms with Gasteiger partial charge in [-0.1, -0.05) is 6.92 Å². The smallest absolute Gasteiger partial charge is 0.132 e. The van der Waals surface area contributed by atoms with Crippen LogP contribution in [-0.4, -0.2) is 47.0 Å². The van der Waals surface area contributed by atoms with Crippen LogP contribution in [0.2, 0.25) is 0 Å². The van der Waals surface area contributed by atoms with Crippen LogP contribution in [0.5, 0.6) is 0 Å². The van der Waals surface area contributed by atoms with E-state index >= 15 is 0 Å². The molecule has 3 rings (SSSR count). The van der Waals surface area contributed by atoms with Crippen LogP contribution in [0.3, 0.4) is 0 Å². The number of rotatable bonds is 3. The van der Waals surface area contributed by atoms with Gasteiger partial charge in [0.15, 0.2) is 0 Å². The van der Waals surface area contributed by atoms with E-state index in [1.165, 1.54) is 0 Å². The van der Waals surface area contributed by atoms with E-state index in [2.05, 4.69) is 27.9 Å². The van der Waals surface area contributed by atoms with Gasteiger partial charge in [0.05, 0.1) is 12.7 Å². The fraction of sp³-hybridized carbons (Fsp3) is 0.750. The predicted molar refractivity (Wildman–Crippen MR) is 81.4 cm³/mol. The van der Waals surface area contributed by atoms with Crippen molar-refractivity contribution < 1.29 is 9.84 Å². The molecule has 2 fully saturated rings. The Morgan fingerprint density at radius 3 is 3.00 bits per heavy atom. The Kier molecular flexibility index (Phi) is 4.40. The standard InChI is InChI=1S/C16H25N3O2/c1-3-12-9-16(18-11(2)17-12)19-7-4-5-14(19)13-10-21-8-6-15(13)20/h9,13-15,20H,3-8,10H2,1-2H3/t13-,14+,15+/m0/s1. The summed E-state index contributed by atoms with van der Waals surface area (Å²) < 4.78 is 5.60. The average molecular weight is 291 g/mol. The van der Waals surface area contributed by atoms with E-state index in [9.17, 15) is 5.11 Å². The summed E-state index contributed by atoms with van der Waals surface area (Å²) >= 11 is 0. The lowest BCUT2D eigenvalue weighted by Gasteiger charge is -2.37. The lowest BCUT2D eigenvalue weighted by Crippen LogP contribution is -2.46. The zero-order valence-electron chi connectivity index (χ0n) is 13.0. The number of aliphatic hydroxyl groups is 1. The Labute approximate surface area is 126 Å². The summed E-state index contributed by atoms with van der Waals surface area (Å²) in [5, 5.41) is 10.3. The molecule has 0 radical (unpaired) electrons. The highest BCUT2D eigenvalue weighted by Crippen LogP contribution is 2.33. The van der Waals surface area contributed by atoms with Crippen LogP contribution < -0.4 is 4.90 Å². The molecule has 0 aliphatic carbocycles. The molecule has 2 aliphatic rings. The molecule has 0 saturated carbocycles. The van der Waals surface area contributed by atoms with Crippen molar-refractivity contribution in [2.24, 2.45) is 5.92 Å². The molecule has 1 N–H and O–H groups in total. The number of aliphatic hydroxyl groups excluding tert-OH is 1. The van der Waals surface area contributed by atoms with Gasteiger partial charge in [-0.05, 0) is 32.6 Å². The van der Waals surface area contributed by atoms with Gasteiger partial charge >= 0.3 is 0 Å². The van der Waals surface area contributed by atoms with Crippen LogP contribution in [-0.2, 0) is 11.2 Å². The van der Waals surface area contributed by atoms with Gasteiger partial charge in [-0.3, -0.25) is 0 Å². The average Bonchev–Trinajstić information content (AvgIpc) is 2.96. The summed E-state index contributed by atoms with van der Waals surface area (Å²) in [4.78, 5) is 11.4. The van der Waals surface area contributed by atoms with E-state index < -0.39 is 0 Å². The third-order valence-corrected chi connectivity index (χ3v) is 4.69. The molecule has 116 valence electrons. The van der Waals surface area contributed by atoms with Crippen molar-refractivity contribution in [3.8, 4) is 0 Å². The third-order valence-electron chi connectivity index (χ3n) is 4.69. The monoisotopic (exact) mass is 291 g/mol. The second-order valence-corrected chi connectivity index (χ2v) is 6.12. The molecule has 5 nitrogen and oxygen atoms in total.